The zero-order valence-corrected chi connectivity index (χ0v) is 26.1. The van der Waals surface area contributed by atoms with Crippen LogP contribution in [0.15, 0.2) is 53.9 Å². The maximum Gasteiger partial charge on any atom is 0.357 e. The molecule has 2 aromatic heterocycles. The number of rotatable bonds is 8. The van der Waals surface area contributed by atoms with Crippen LogP contribution in [0.5, 0.6) is 5.75 Å². The molecule has 4 N–H and O–H groups in total. The second-order valence-electron chi connectivity index (χ2n) is 9.58. The molecule has 2 aromatic carbocycles. The fourth-order valence-corrected chi connectivity index (χ4v) is 6.38. The van der Waals surface area contributed by atoms with Gasteiger partial charge in [-0.1, -0.05) is 13.0 Å². The predicted molar refractivity (Wildman–Crippen MR) is 171 cm³/mol. The van der Waals surface area contributed by atoms with E-state index in [0.717, 1.165) is 38.0 Å². The molecule has 9 nitrogen and oxygen atoms in total. The summed E-state index contributed by atoms with van der Waals surface area (Å²) in [4.78, 5) is 45.1. The molecule has 42 heavy (non-hydrogen) atoms. The van der Waals surface area contributed by atoms with Gasteiger partial charge < -0.3 is 25.8 Å². The molecule has 1 aliphatic heterocycles. The van der Waals surface area contributed by atoms with Gasteiger partial charge in [-0.05, 0) is 88.0 Å². The van der Waals surface area contributed by atoms with Crippen LogP contribution in [-0.4, -0.2) is 43.0 Å². The van der Waals surface area contributed by atoms with Gasteiger partial charge >= 0.3 is 5.97 Å². The van der Waals surface area contributed by atoms with E-state index in [0.29, 0.717) is 47.8 Å². The van der Waals surface area contributed by atoms with E-state index in [4.69, 9.17) is 15.2 Å². The number of esters is 1. The summed E-state index contributed by atoms with van der Waals surface area (Å²) in [5, 5.41) is 7.81. The van der Waals surface area contributed by atoms with E-state index >= 15 is 0 Å². The van der Waals surface area contributed by atoms with Crippen LogP contribution in [0.2, 0.25) is 0 Å². The van der Waals surface area contributed by atoms with Gasteiger partial charge in [0.15, 0.2) is 5.69 Å². The zero-order chi connectivity index (χ0) is 29.8. The normalized spacial score (nSPS) is 11.9. The number of pyridine rings is 1. The first-order chi connectivity index (χ1) is 20.3. The van der Waals surface area contributed by atoms with Gasteiger partial charge in [0.1, 0.15) is 11.4 Å². The minimum Gasteiger partial charge on any atom is -0.493 e. The summed E-state index contributed by atoms with van der Waals surface area (Å²) in [7, 11) is 1.25. The Bertz CT molecular complexity index is 1690. The molecule has 216 valence electrons. The number of methoxy groups -OCH3 is 1. The molecule has 0 bridgehead atoms. The third-order valence-corrected chi connectivity index (χ3v) is 8.72. The Balaban J connectivity index is 1.68. The number of hydrogen-bond acceptors (Lipinski definition) is 8. The van der Waals surface area contributed by atoms with Gasteiger partial charge in [-0.3, -0.25) is 9.59 Å². The quantitative estimate of drug-likeness (QED) is 0.160. The first kappa shape index (κ1) is 29.7. The lowest BCUT2D eigenvalue weighted by molar-refractivity contribution is 0.0594. The number of amides is 2. The number of hydrogen-bond donors (Lipinski definition) is 3. The third-order valence-electron chi connectivity index (χ3n) is 6.83. The fraction of sp³-hybridized carbons (Fsp3) is 0.226. The smallest absolute Gasteiger partial charge is 0.357 e. The number of thiophene rings is 1. The lowest BCUT2D eigenvalue weighted by Crippen LogP contribution is -2.26. The second-order valence-corrected chi connectivity index (χ2v) is 11.7. The van der Waals surface area contributed by atoms with E-state index in [1.807, 2.05) is 30.5 Å². The van der Waals surface area contributed by atoms with Gasteiger partial charge in [0.2, 0.25) is 0 Å². The highest BCUT2D eigenvalue weighted by atomic mass is 127. The van der Waals surface area contributed by atoms with E-state index < -0.39 is 11.9 Å². The van der Waals surface area contributed by atoms with Gasteiger partial charge in [-0.15, -0.1) is 11.3 Å². The van der Waals surface area contributed by atoms with E-state index in [1.165, 1.54) is 13.2 Å². The molecule has 0 atom stereocenters. The van der Waals surface area contributed by atoms with Crippen molar-refractivity contribution in [3.8, 4) is 27.3 Å². The molecule has 0 aliphatic carbocycles. The Morgan fingerprint density at radius 2 is 1.90 bits per heavy atom. The van der Waals surface area contributed by atoms with Crippen molar-refractivity contribution >= 4 is 57.4 Å². The number of ether oxygens (including phenoxy) is 2. The summed E-state index contributed by atoms with van der Waals surface area (Å²) in [5.74, 6) is -0.929. The summed E-state index contributed by atoms with van der Waals surface area (Å²) in [5.41, 5.74) is 10.4. The first-order valence-corrected chi connectivity index (χ1v) is 15.4. The standard InChI is InChI=1S/C31H29IN4O5S/c1-3-10-34-30(38)25-7-5-19(27(35-25)31(39)40-2)20-15-26-22(28-18(8-11-41-26)9-12-42-28)14-21(20)29(37)36-24-6-4-17(16-33)13-23(24)32/h4-7,9,12-15H,3,8,10-11,16,33H2,1-2H3,(H,34,38)(H,36,37). The zero-order valence-electron chi connectivity index (χ0n) is 23.1. The van der Waals surface area contributed by atoms with Crippen molar-refractivity contribution in [1.29, 1.82) is 0 Å². The Morgan fingerprint density at radius 1 is 1.07 bits per heavy atom. The lowest BCUT2D eigenvalue weighted by Gasteiger charge is -2.18. The van der Waals surface area contributed by atoms with Gasteiger partial charge in [0.25, 0.3) is 11.8 Å². The van der Waals surface area contributed by atoms with Crippen molar-refractivity contribution < 1.29 is 23.9 Å². The molecule has 0 saturated carbocycles. The maximum absolute atomic E-state index is 14.0. The van der Waals surface area contributed by atoms with Gasteiger partial charge in [-0.2, -0.15) is 0 Å². The first-order valence-electron chi connectivity index (χ1n) is 13.4. The molecule has 1 aliphatic rings. The second kappa shape index (κ2) is 13.0. The summed E-state index contributed by atoms with van der Waals surface area (Å²) >= 11 is 3.74. The molecule has 11 heteroatoms. The largest absolute Gasteiger partial charge is 0.493 e. The van der Waals surface area contributed by atoms with Gasteiger partial charge in [0, 0.05) is 50.2 Å². The fourth-order valence-electron chi connectivity index (χ4n) is 4.69. The van der Waals surface area contributed by atoms with Crippen molar-refractivity contribution in [3.63, 3.8) is 0 Å². The highest BCUT2D eigenvalue weighted by molar-refractivity contribution is 14.1. The molecule has 3 heterocycles. The summed E-state index contributed by atoms with van der Waals surface area (Å²) in [6.07, 6.45) is 1.48. The molecule has 0 unspecified atom stereocenters. The van der Waals surface area contributed by atoms with Crippen LogP contribution in [0, 0.1) is 3.57 Å². The molecule has 0 radical (unpaired) electrons. The van der Waals surface area contributed by atoms with Crippen LogP contribution in [-0.2, 0) is 17.7 Å². The lowest BCUT2D eigenvalue weighted by atomic mass is 9.93. The minimum absolute atomic E-state index is 0.0717. The summed E-state index contributed by atoms with van der Waals surface area (Å²) in [6, 6.07) is 14.4. The van der Waals surface area contributed by atoms with Crippen molar-refractivity contribution in [2.45, 2.75) is 26.3 Å². The molecule has 5 rings (SSSR count). The van der Waals surface area contributed by atoms with Crippen molar-refractivity contribution in [2.24, 2.45) is 5.73 Å². The number of carbonyl (C=O) groups is 3. The van der Waals surface area contributed by atoms with E-state index in [2.05, 4.69) is 44.3 Å². The minimum atomic E-state index is -0.732. The Morgan fingerprint density at radius 3 is 2.64 bits per heavy atom. The highest BCUT2D eigenvalue weighted by Crippen LogP contribution is 2.43. The highest BCUT2D eigenvalue weighted by Gasteiger charge is 2.27. The molecule has 0 saturated heterocycles. The Hall–Kier alpha value is -3.81. The van der Waals surface area contributed by atoms with Crippen LogP contribution < -0.4 is 21.1 Å². The SMILES string of the molecule is CCCNC(=O)c1ccc(-c2cc3c(cc2C(=O)Nc2ccc(CN)cc2I)-c2sccc2CCO3)c(C(=O)OC)n1. The number of benzene rings is 2. The van der Waals surface area contributed by atoms with Gasteiger partial charge in [0.05, 0.1) is 19.4 Å². The third kappa shape index (κ3) is 6.03. The van der Waals surface area contributed by atoms with Crippen molar-refractivity contribution in [2.75, 3.05) is 25.6 Å². The average Bonchev–Trinajstić information content (AvgIpc) is 3.41. The summed E-state index contributed by atoms with van der Waals surface area (Å²) in [6.45, 7) is 3.26. The van der Waals surface area contributed by atoms with Crippen LogP contribution in [0.4, 0.5) is 5.69 Å². The number of halogens is 1. The average molecular weight is 697 g/mol. The Labute approximate surface area is 261 Å². The van der Waals surface area contributed by atoms with Crippen LogP contribution in [0.3, 0.4) is 0 Å². The molecular formula is C31H29IN4O5S. The topological polar surface area (TPSA) is 133 Å². The van der Waals surface area contributed by atoms with Crippen molar-refractivity contribution in [1.82, 2.24) is 10.3 Å². The maximum atomic E-state index is 14.0. The van der Waals surface area contributed by atoms with Crippen LogP contribution in [0.1, 0.15) is 55.8 Å². The molecule has 0 spiro atoms. The van der Waals surface area contributed by atoms with Gasteiger partial charge in [-0.25, -0.2) is 9.78 Å². The van der Waals surface area contributed by atoms with Crippen LogP contribution in [0.25, 0.3) is 21.6 Å². The monoisotopic (exact) mass is 696 g/mol. The molecule has 4 aromatic rings. The summed E-state index contributed by atoms with van der Waals surface area (Å²) < 4.78 is 12.0. The number of aromatic nitrogens is 1. The van der Waals surface area contributed by atoms with E-state index in [9.17, 15) is 14.4 Å². The number of nitrogens with two attached hydrogens (primary N) is 1. The molecule has 2 amide bonds. The van der Waals surface area contributed by atoms with Crippen LogP contribution >= 0.6 is 33.9 Å². The number of nitrogens with one attached hydrogen (secondary N) is 2. The molecule has 0 fully saturated rings. The number of carbonyl (C=O) groups excluding carboxylic acids is 3. The number of anilines is 1. The predicted octanol–water partition coefficient (Wildman–Crippen LogP) is 5.65. The number of fused-ring (bicyclic) bond motifs is 3. The van der Waals surface area contributed by atoms with E-state index in [-0.39, 0.29) is 17.3 Å². The van der Waals surface area contributed by atoms with Crippen molar-refractivity contribution in [3.05, 3.63) is 85.6 Å². The number of nitrogens with zero attached hydrogens (tertiary/aromatic N) is 1. The van der Waals surface area contributed by atoms with E-state index in [1.54, 1.807) is 29.5 Å². The molecular weight excluding hydrogens is 667 g/mol. The Kier molecular flexibility index (Phi) is 9.19.